The molecule has 1 aromatic heterocycles. The van der Waals surface area contributed by atoms with E-state index in [1.807, 2.05) is 72.8 Å². The molecule has 1 heterocycles. The summed E-state index contributed by atoms with van der Waals surface area (Å²) in [6.07, 6.45) is 0. The Hall–Kier alpha value is -3.73. The van der Waals surface area contributed by atoms with Crippen molar-refractivity contribution in [3.8, 4) is 11.5 Å². The summed E-state index contributed by atoms with van der Waals surface area (Å²) in [6.45, 7) is 0.853. The van der Waals surface area contributed by atoms with Gasteiger partial charge in [0.25, 0.3) is 0 Å². The summed E-state index contributed by atoms with van der Waals surface area (Å²) < 4.78 is 16.9. The van der Waals surface area contributed by atoms with Crippen molar-refractivity contribution in [3.63, 3.8) is 0 Å². The molecule has 4 aromatic rings. The molecule has 4 rings (SSSR count). The van der Waals surface area contributed by atoms with Crippen molar-refractivity contribution in [3.05, 3.63) is 95.7 Å². The van der Waals surface area contributed by atoms with E-state index in [0.717, 1.165) is 22.0 Å². The lowest BCUT2D eigenvalue weighted by molar-refractivity contribution is 0.0595. The van der Waals surface area contributed by atoms with E-state index in [0.29, 0.717) is 30.4 Å². The molecule has 0 saturated carbocycles. The molecule has 5 heteroatoms. The number of carbonyl (C=O) groups excluding carboxylic acids is 1. The predicted octanol–water partition coefficient (Wildman–Crippen LogP) is 5.11. The quantitative estimate of drug-likeness (QED) is 0.448. The van der Waals surface area contributed by atoms with Gasteiger partial charge in [-0.3, -0.25) is 0 Å². The fourth-order valence-electron chi connectivity index (χ4n) is 3.08. The number of hydrogen-bond donors (Lipinski definition) is 1. The number of aromatic nitrogens is 1. The Morgan fingerprint density at radius 1 is 0.828 bits per heavy atom. The van der Waals surface area contributed by atoms with Crippen LogP contribution < -0.4 is 9.47 Å². The molecule has 0 unspecified atom stereocenters. The van der Waals surface area contributed by atoms with Gasteiger partial charge in [-0.15, -0.1) is 0 Å². The predicted molar refractivity (Wildman–Crippen MR) is 111 cm³/mol. The highest BCUT2D eigenvalue weighted by Gasteiger charge is 2.15. The molecule has 0 amide bonds. The highest BCUT2D eigenvalue weighted by Crippen LogP contribution is 2.33. The number of fused-ring (bicyclic) bond motifs is 1. The minimum absolute atomic E-state index is 0.368. The van der Waals surface area contributed by atoms with Crippen molar-refractivity contribution in [2.24, 2.45) is 0 Å². The van der Waals surface area contributed by atoms with Gasteiger partial charge < -0.3 is 19.2 Å². The van der Waals surface area contributed by atoms with Gasteiger partial charge in [0.05, 0.1) is 12.6 Å². The number of benzene rings is 3. The Kier molecular flexibility index (Phi) is 5.47. The van der Waals surface area contributed by atoms with Crippen LogP contribution in [0.15, 0.2) is 78.9 Å². The second-order valence-electron chi connectivity index (χ2n) is 6.61. The Morgan fingerprint density at radius 2 is 1.45 bits per heavy atom. The molecule has 0 radical (unpaired) electrons. The molecule has 146 valence electrons. The fourth-order valence-corrected chi connectivity index (χ4v) is 3.08. The van der Waals surface area contributed by atoms with E-state index in [1.54, 1.807) is 6.07 Å². The zero-order valence-electron chi connectivity index (χ0n) is 16.1. The van der Waals surface area contributed by atoms with E-state index in [9.17, 15) is 4.79 Å². The smallest absolute Gasteiger partial charge is 0.354 e. The van der Waals surface area contributed by atoms with Crippen molar-refractivity contribution in [2.45, 2.75) is 13.2 Å². The van der Waals surface area contributed by atoms with Crippen molar-refractivity contribution in [1.82, 2.24) is 4.98 Å². The lowest BCUT2D eigenvalue weighted by Crippen LogP contribution is -2.00. The highest BCUT2D eigenvalue weighted by molar-refractivity contribution is 5.97. The first-order chi connectivity index (χ1) is 14.2. The lowest BCUT2D eigenvalue weighted by Gasteiger charge is -2.11. The first-order valence-corrected chi connectivity index (χ1v) is 9.31. The number of aromatic amines is 1. The van der Waals surface area contributed by atoms with Crippen molar-refractivity contribution in [2.75, 3.05) is 7.11 Å². The van der Waals surface area contributed by atoms with Gasteiger partial charge in [-0.2, -0.15) is 0 Å². The first-order valence-electron chi connectivity index (χ1n) is 9.31. The zero-order valence-corrected chi connectivity index (χ0v) is 16.1. The third-order valence-electron chi connectivity index (χ3n) is 4.56. The Morgan fingerprint density at radius 3 is 2.07 bits per heavy atom. The molecule has 0 atom stereocenters. The largest absolute Gasteiger partial charge is 0.489 e. The topological polar surface area (TPSA) is 60.6 Å². The highest BCUT2D eigenvalue weighted by atomic mass is 16.5. The van der Waals surface area contributed by atoms with E-state index in [2.05, 4.69) is 4.98 Å². The molecule has 0 aliphatic rings. The molecule has 29 heavy (non-hydrogen) atoms. The maximum absolute atomic E-state index is 11.9. The fraction of sp³-hybridized carbons (Fsp3) is 0.125. The number of esters is 1. The second kappa shape index (κ2) is 8.52. The summed E-state index contributed by atoms with van der Waals surface area (Å²) in [4.78, 5) is 15.0. The van der Waals surface area contributed by atoms with Gasteiger partial charge in [0.1, 0.15) is 30.4 Å². The van der Waals surface area contributed by atoms with Crippen LogP contribution in [-0.2, 0) is 18.0 Å². The minimum atomic E-state index is -0.429. The van der Waals surface area contributed by atoms with Gasteiger partial charge in [-0.05, 0) is 17.2 Å². The van der Waals surface area contributed by atoms with E-state index >= 15 is 0 Å². The average Bonchev–Trinajstić information content (AvgIpc) is 3.21. The molecule has 0 fully saturated rings. The summed E-state index contributed by atoms with van der Waals surface area (Å²) in [7, 11) is 1.36. The van der Waals surface area contributed by atoms with Crippen molar-refractivity contribution >= 4 is 16.9 Å². The molecule has 3 aromatic carbocycles. The number of H-pyrrole nitrogens is 1. The molecule has 0 spiro atoms. The van der Waals surface area contributed by atoms with Crippen molar-refractivity contribution in [1.29, 1.82) is 0 Å². The van der Waals surface area contributed by atoms with E-state index < -0.39 is 5.97 Å². The van der Waals surface area contributed by atoms with Gasteiger partial charge in [0, 0.05) is 17.5 Å². The van der Waals surface area contributed by atoms with Gasteiger partial charge >= 0.3 is 5.97 Å². The number of methoxy groups -OCH3 is 1. The van der Waals surface area contributed by atoms with Crippen LogP contribution in [-0.4, -0.2) is 18.1 Å². The van der Waals surface area contributed by atoms with Gasteiger partial charge in [0.2, 0.25) is 0 Å². The van der Waals surface area contributed by atoms with Gasteiger partial charge in [-0.25, -0.2) is 4.79 Å². The van der Waals surface area contributed by atoms with Crippen LogP contribution in [0.1, 0.15) is 21.6 Å². The maximum atomic E-state index is 11.9. The minimum Gasteiger partial charge on any atom is -0.489 e. The Bertz CT molecular complexity index is 1100. The standard InChI is InChI=1S/C24H21NO4/c1-27-24(26)22-14-20-21(25-22)12-19(28-15-17-8-4-2-5-9-17)13-23(20)29-16-18-10-6-3-7-11-18/h2-14,25H,15-16H2,1H3. The van der Waals surface area contributed by atoms with Gasteiger partial charge in [0.15, 0.2) is 0 Å². The third kappa shape index (κ3) is 4.41. The number of ether oxygens (including phenoxy) is 3. The monoisotopic (exact) mass is 387 g/mol. The molecular weight excluding hydrogens is 366 g/mol. The maximum Gasteiger partial charge on any atom is 0.354 e. The van der Waals surface area contributed by atoms with E-state index in [4.69, 9.17) is 14.2 Å². The molecule has 0 aliphatic heterocycles. The number of carbonyl (C=O) groups is 1. The molecule has 0 aliphatic carbocycles. The molecule has 0 bridgehead atoms. The summed E-state index contributed by atoms with van der Waals surface area (Å²) in [5.74, 6) is 0.866. The normalized spacial score (nSPS) is 10.7. The summed E-state index contributed by atoms with van der Waals surface area (Å²) in [6, 6.07) is 25.3. The summed E-state index contributed by atoms with van der Waals surface area (Å²) >= 11 is 0. The van der Waals surface area contributed by atoms with Crippen LogP contribution in [0, 0.1) is 0 Å². The van der Waals surface area contributed by atoms with Gasteiger partial charge in [-0.1, -0.05) is 60.7 Å². The zero-order chi connectivity index (χ0) is 20.1. The number of hydrogen-bond acceptors (Lipinski definition) is 4. The number of rotatable bonds is 7. The summed E-state index contributed by atoms with van der Waals surface area (Å²) in [5, 5.41) is 0.799. The van der Waals surface area contributed by atoms with Crippen LogP contribution >= 0.6 is 0 Å². The molecule has 5 nitrogen and oxygen atoms in total. The lowest BCUT2D eigenvalue weighted by atomic mass is 10.2. The van der Waals surface area contributed by atoms with Crippen molar-refractivity contribution < 1.29 is 19.0 Å². The van der Waals surface area contributed by atoms with Crippen LogP contribution in [0.2, 0.25) is 0 Å². The molecular formula is C24H21NO4. The van der Waals surface area contributed by atoms with Crippen LogP contribution in [0.4, 0.5) is 0 Å². The van der Waals surface area contributed by atoms with Crippen LogP contribution in [0.5, 0.6) is 11.5 Å². The SMILES string of the molecule is COC(=O)c1cc2c(OCc3ccccc3)cc(OCc3ccccc3)cc2[nH]1. The first kappa shape index (κ1) is 18.6. The van der Waals surface area contributed by atoms with Crippen LogP contribution in [0.25, 0.3) is 10.9 Å². The van der Waals surface area contributed by atoms with E-state index in [-0.39, 0.29) is 0 Å². The van der Waals surface area contributed by atoms with E-state index in [1.165, 1.54) is 7.11 Å². The summed E-state index contributed by atoms with van der Waals surface area (Å²) in [5.41, 5.74) is 3.24. The Balaban J connectivity index is 1.63. The number of nitrogens with one attached hydrogen (secondary N) is 1. The average molecular weight is 387 g/mol. The Labute approximate surface area is 168 Å². The molecule has 1 N–H and O–H groups in total. The van der Waals surface area contributed by atoms with Crippen LogP contribution in [0.3, 0.4) is 0 Å². The second-order valence-corrected chi connectivity index (χ2v) is 6.61. The third-order valence-corrected chi connectivity index (χ3v) is 4.56. The molecule has 0 saturated heterocycles.